The van der Waals surface area contributed by atoms with Gasteiger partial charge >= 0.3 is 6.03 Å². The maximum Gasteiger partial charge on any atom is 0.335 e. The zero-order valence-corrected chi connectivity index (χ0v) is 19.9. The number of nitrogens with zero attached hydrogens (tertiary/aromatic N) is 1. The maximum atomic E-state index is 13.5. The lowest BCUT2D eigenvalue weighted by molar-refractivity contribution is -0.122. The minimum atomic E-state index is -0.792. The third-order valence-electron chi connectivity index (χ3n) is 5.58. The number of hydrogen-bond acceptors (Lipinski definition) is 5. The van der Waals surface area contributed by atoms with Gasteiger partial charge in [-0.3, -0.25) is 14.9 Å². The standard InChI is InChI=1S/C28H25FN2O5/c1-3-20-9-5-6-11-23(20)31-27(33)22(26(32)30-28(31)34)15-18-12-13-24(25(16-18)35-4-2)36-17-19-8-7-10-21(29)14-19/h5-16H,3-4,17H2,1-2H3,(H,30,32,34)/b22-15-. The minimum absolute atomic E-state index is 0.132. The molecule has 184 valence electrons. The number of urea groups is 1. The first-order valence-electron chi connectivity index (χ1n) is 11.5. The molecule has 36 heavy (non-hydrogen) atoms. The van der Waals surface area contributed by atoms with Crippen molar-refractivity contribution in [3.63, 3.8) is 0 Å². The van der Waals surface area contributed by atoms with E-state index in [1.165, 1.54) is 18.2 Å². The fraction of sp³-hybridized carbons (Fsp3) is 0.179. The fourth-order valence-corrected chi connectivity index (χ4v) is 3.86. The summed E-state index contributed by atoms with van der Waals surface area (Å²) in [6.45, 7) is 4.22. The van der Waals surface area contributed by atoms with Gasteiger partial charge in [0.2, 0.25) is 0 Å². The summed E-state index contributed by atoms with van der Waals surface area (Å²) in [5.74, 6) is -1.02. The second-order valence-electron chi connectivity index (χ2n) is 8.00. The van der Waals surface area contributed by atoms with Crippen LogP contribution in [-0.4, -0.2) is 24.5 Å². The van der Waals surface area contributed by atoms with Gasteiger partial charge in [0.15, 0.2) is 11.5 Å². The molecule has 1 fully saturated rings. The Morgan fingerprint density at radius 3 is 2.47 bits per heavy atom. The summed E-state index contributed by atoms with van der Waals surface area (Å²) in [4.78, 5) is 39.4. The highest BCUT2D eigenvalue weighted by Gasteiger charge is 2.37. The van der Waals surface area contributed by atoms with Crippen LogP contribution in [0.2, 0.25) is 0 Å². The summed E-state index contributed by atoms with van der Waals surface area (Å²) in [6.07, 6.45) is 2.01. The molecule has 1 aliphatic heterocycles. The monoisotopic (exact) mass is 488 g/mol. The molecular formula is C28H25FN2O5. The number of rotatable bonds is 8. The molecule has 4 rings (SSSR count). The Bertz CT molecular complexity index is 1350. The van der Waals surface area contributed by atoms with Gasteiger partial charge in [0.05, 0.1) is 12.3 Å². The number of carbonyl (C=O) groups is 3. The number of amides is 4. The summed E-state index contributed by atoms with van der Waals surface area (Å²) >= 11 is 0. The Hall–Kier alpha value is -4.46. The van der Waals surface area contributed by atoms with Gasteiger partial charge < -0.3 is 9.47 Å². The first kappa shape index (κ1) is 24.7. The molecule has 0 unspecified atom stereocenters. The highest BCUT2D eigenvalue weighted by Crippen LogP contribution is 2.31. The average Bonchev–Trinajstić information content (AvgIpc) is 2.86. The van der Waals surface area contributed by atoms with E-state index in [0.717, 1.165) is 10.5 Å². The Balaban J connectivity index is 1.63. The van der Waals surface area contributed by atoms with Crippen molar-refractivity contribution in [2.24, 2.45) is 0 Å². The topological polar surface area (TPSA) is 84.9 Å². The van der Waals surface area contributed by atoms with Gasteiger partial charge in [-0.05, 0) is 66.4 Å². The van der Waals surface area contributed by atoms with Crippen molar-refractivity contribution in [3.05, 3.63) is 94.8 Å². The lowest BCUT2D eigenvalue weighted by Gasteiger charge is -2.28. The lowest BCUT2D eigenvalue weighted by atomic mass is 10.0. The van der Waals surface area contributed by atoms with Crippen LogP contribution in [-0.2, 0) is 22.6 Å². The molecule has 4 amide bonds. The molecule has 0 aromatic heterocycles. The van der Waals surface area contributed by atoms with Crippen molar-refractivity contribution in [3.8, 4) is 11.5 Å². The zero-order valence-electron chi connectivity index (χ0n) is 19.9. The molecule has 0 spiro atoms. The van der Waals surface area contributed by atoms with Gasteiger partial charge in [-0.1, -0.05) is 43.3 Å². The maximum absolute atomic E-state index is 13.5. The molecule has 3 aromatic carbocycles. The molecule has 1 N–H and O–H groups in total. The molecule has 0 atom stereocenters. The molecular weight excluding hydrogens is 463 g/mol. The van der Waals surface area contributed by atoms with E-state index in [9.17, 15) is 18.8 Å². The number of imide groups is 2. The van der Waals surface area contributed by atoms with Gasteiger partial charge in [0, 0.05) is 0 Å². The van der Waals surface area contributed by atoms with Crippen LogP contribution in [0.3, 0.4) is 0 Å². The number of benzene rings is 3. The van der Waals surface area contributed by atoms with Crippen LogP contribution in [0.4, 0.5) is 14.9 Å². The summed E-state index contributed by atoms with van der Waals surface area (Å²) in [5, 5.41) is 2.25. The van der Waals surface area contributed by atoms with Crippen LogP contribution in [0.5, 0.6) is 11.5 Å². The van der Waals surface area contributed by atoms with E-state index < -0.39 is 17.8 Å². The van der Waals surface area contributed by atoms with Gasteiger partial charge in [-0.15, -0.1) is 0 Å². The second-order valence-corrected chi connectivity index (χ2v) is 8.00. The number of barbiturate groups is 1. The average molecular weight is 489 g/mol. The van der Waals surface area contributed by atoms with Crippen molar-refractivity contribution in [2.75, 3.05) is 11.5 Å². The zero-order chi connectivity index (χ0) is 25.7. The number of carbonyl (C=O) groups excluding carboxylic acids is 3. The minimum Gasteiger partial charge on any atom is -0.490 e. The number of anilines is 1. The van der Waals surface area contributed by atoms with Crippen LogP contribution in [0.15, 0.2) is 72.3 Å². The van der Waals surface area contributed by atoms with E-state index in [1.54, 1.807) is 42.5 Å². The van der Waals surface area contributed by atoms with E-state index >= 15 is 0 Å². The molecule has 1 saturated heterocycles. The van der Waals surface area contributed by atoms with Gasteiger partial charge in [-0.2, -0.15) is 0 Å². The Kier molecular flexibility index (Phi) is 7.44. The van der Waals surface area contributed by atoms with Crippen LogP contribution in [0.25, 0.3) is 6.08 Å². The Morgan fingerprint density at radius 1 is 0.917 bits per heavy atom. The molecule has 7 nitrogen and oxygen atoms in total. The highest BCUT2D eigenvalue weighted by molar-refractivity contribution is 6.39. The van der Waals surface area contributed by atoms with E-state index in [2.05, 4.69) is 5.32 Å². The van der Waals surface area contributed by atoms with Crippen molar-refractivity contribution in [1.82, 2.24) is 5.32 Å². The first-order chi connectivity index (χ1) is 17.4. The molecule has 0 saturated carbocycles. The number of hydrogen-bond donors (Lipinski definition) is 1. The van der Waals surface area contributed by atoms with E-state index in [0.29, 0.717) is 41.3 Å². The third-order valence-corrected chi connectivity index (χ3v) is 5.58. The summed E-state index contributed by atoms with van der Waals surface area (Å²) < 4.78 is 25.0. The van der Waals surface area contributed by atoms with Crippen LogP contribution >= 0.6 is 0 Å². The van der Waals surface area contributed by atoms with Crippen LogP contribution in [0.1, 0.15) is 30.5 Å². The first-order valence-corrected chi connectivity index (χ1v) is 11.5. The third kappa shape index (κ3) is 5.27. The summed E-state index contributed by atoms with van der Waals surface area (Å²) in [7, 11) is 0. The van der Waals surface area contributed by atoms with Gasteiger partial charge in [0.1, 0.15) is 18.0 Å². The Morgan fingerprint density at radius 2 is 1.72 bits per heavy atom. The number of ether oxygens (including phenoxy) is 2. The van der Waals surface area contributed by atoms with E-state index in [1.807, 2.05) is 26.0 Å². The van der Waals surface area contributed by atoms with Crippen LogP contribution < -0.4 is 19.7 Å². The molecule has 3 aromatic rings. The predicted molar refractivity (Wildman–Crippen MR) is 133 cm³/mol. The van der Waals surface area contributed by atoms with Gasteiger partial charge in [0.25, 0.3) is 11.8 Å². The largest absolute Gasteiger partial charge is 0.490 e. The van der Waals surface area contributed by atoms with Crippen molar-refractivity contribution in [2.45, 2.75) is 26.9 Å². The molecule has 1 aliphatic rings. The molecule has 0 radical (unpaired) electrons. The second kappa shape index (κ2) is 10.9. The van der Waals surface area contributed by atoms with Crippen LogP contribution in [0, 0.1) is 5.82 Å². The number of nitrogens with one attached hydrogen (secondary N) is 1. The molecule has 8 heteroatoms. The molecule has 1 heterocycles. The van der Waals surface area contributed by atoms with Crippen molar-refractivity contribution < 1.29 is 28.2 Å². The highest BCUT2D eigenvalue weighted by atomic mass is 19.1. The SMILES string of the molecule is CCOc1cc(/C=C2/C(=O)NC(=O)N(c3ccccc3CC)C2=O)ccc1OCc1cccc(F)c1. The quantitative estimate of drug-likeness (QED) is 0.355. The van der Waals surface area contributed by atoms with Gasteiger partial charge in [-0.25, -0.2) is 14.1 Å². The molecule has 0 aliphatic carbocycles. The lowest BCUT2D eigenvalue weighted by Crippen LogP contribution is -2.54. The van der Waals surface area contributed by atoms with E-state index in [4.69, 9.17) is 9.47 Å². The number of halogens is 1. The van der Waals surface area contributed by atoms with Crippen molar-refractivity contribution >= 4 is 29.6 Å². The smallest absolute Gasteiger partial charge is 0.335 e. The normalized spacial score (nSPS) is 14.7. The summed E-state index contributed by atoms with van der Waals surface area (Å²) in [5.41, 5.74) is 2.21. The molecule has 0 bridgehead atoms. The fourth-order valence-electron chi connectivity index (χ4n) is 3.86. The number of para-hydroxylation sites is 1. The Labute approximate surface area is 208 Å². The predicted octanol–water partition coefficient (Wildman–Crippen LogP) is 5.03. The van der Waals surface area contributed by atoms with Crippen molar-refractivity contribution in [1.29, 1.82) is 0 Å². The summed E-state index contributed by atoms with van der Waals surface area (Å²) in [6, 6.07) is 17.3. The van der Waals surface area contributed by atoms with E-state index in [-0.39, 0.29) is 18.0 Å². The number of aryl methyl sites for hydroxylation is 1.